The van der Waals surface area contributed by atoms with E-state index in [0.29, 0.717) is 52.4 Å². The monoisotopic (exact) mass is 545 g/mol. The van der Waals surface area contributed by atoms with Crippen LogP contribution in [0.1, 0.15) is 31.7 Å². The lowest BCUT2D eigenvalue weighted by atomic mass is 10.1. The van der Waals surface area contributed by atoms with E-state index in [0.717, 1.165) is 12.8 Å². The summed E-state index contributed by atoms with van der Waals surface area (Å²) in [4.78, 5) is 18.5. The number of likely N-dealkylation sites (N-methyl/N-ethyl adjacent to an activating group) is 1. The number of fused-ring (bicyclic) bond motifs is 1. The molecule has 1 saturated heterocycles. The van der Waals surface area contributed by atoms with E-state index in [9.17, 15) is 4.79 Å². The zero-order valence-corrected chi connectivity index (χ0v) is 22.2. The molecule has 3 atom stereocenters. The van der Waals surface area contributed by atoms with Gasteiger partial charge in [-0.15, -0.1) is 0 Å². The van der Waals surface area contributed by atoms with Crippen LogP contribution in [0, 0.1) is 0 Å². The number of benzene rings is 2. The van der Waals surface area contributed by atoms with Gasteiger partial charge in [-0.05, 0) is 37.1 Å². The summed E-state index contributed by atoms with van der Waals surface area (Å²) in [5, 5.41) is 0.981. The summed E-state index contributed by atoms with van der Waals surface area (Å²) in [6.45, 7) is 3.00. The smallest absolute Gasteiger partial charge is 0.267 e. The Morgan fingerprint density at radius 2 is 2.08 bits per heavy atom. The van der Waals surface area contributed by atoms with Crippen molar-refractivity contribution in [2.75, 3.05) is 25.2 Å². The highest BCUT2D eigenvalue weighted by Gasteiger charge is 2.45. The van der Waals surface area contributed by atoms with Crippen LogP contribution in [0.5, 0.6) is 11.5 Å². The third-order valence-corrected chi connectivity index (χ3v) is 7.12. The number of ether oxygens (including phenoxy) is 4. The molecule has 0 aliphatic carbocycles. The molecular formula is C27H29Cl2N3O5. The van der Waals surface area contributed by atoms with Gasteiger partial charge in [-0.3, -0.25) is 4.79 Å². The number of hydrogen-bond donors (Lipinski definition) is 0. The van der Waals surface area contributed by atoms with Gasteiger partial charge >= 0.3 is 0 Å². The second-order valence-electron chi connectivity index (χ2n) is 9.25. The third kappa shape index (κ3) is 5.43. The average molecular weight is 546 g/mol. The summed E-state index contributed by atoms with van der Waals surface area (Å²) >= 11 is 12.7. The number of carbonyl (C=O) groups excluding carboxylic acids is 1. The van der Waals surface area contributed by atoms with E-state index >= 15 is 0 Å². The third-order valence-electron chi connectivity index (χ3n) is 6.57. The Morgan fingerprint density at radius 1 is 1.22 bits per heavy atom. The lowest BCUT2D eigenvalue weighted by Crippen LogP contribution is -2.43. The van der Waals surface area contributed by atoms with Crippen LogP contribution in [0.15, 0.2) is 55.1 Å². The van der Waals surface area contributed by atoms with Crippen LogP contribution in [-0.2, 0) is 26.6 Å². The molecule has 1 amide bonds. The van der Waals surface area contributed by atoms with Crippen molar-refractivity contribution in [3.05, 3.63) is 70.7 Å². The van der Waals surface area contributed by atoms with Gasteiger partial charge in [-0.2, -0.15) is 0 Å². The lowest BCUT2D eigenvalue weighted by Gasteiger charge is -2.32. The van der Waals surface area contributed by atoms with Crippen molar-refractivity contribution in [2.45, 2.75) is 50.7 Å². The number of nitrogens with zero attached hydrogens (tertiary/aromatic N) is 3. The molecule has 3 heterocycles. The first-order valence-corrected chi connectivity index (χ1v) is 13.1. The van der Waals surface area contributed by atoms with E-state index in [2.05, 4.69) is 11.9 Å². The fourth-order valence-electron chi connectivity index (χ4n) is 4.62. The largest absolute Gasteiger partial charge is 0.491 e. The molecule has 0 radical (unpaired) electrons. The lowest BCUT2D eigenvalue weighted by molar-refractivity contribution is -0.189. The van der Waals surface area contributed by atoms with E-state index < -0.39 is 11.9 Å². The van der Waals surface area contributed by atoms with Gasteiger partial charge in [0, 0.05) is 36.1 Å². The molecule has 5 rings (SSSR count). The summed E-state index contributed by atoms with van der Waals surface area (Å²) in [6, 6.07) is 10.7. The van der Waals surface area contributed by atoms with Gasteiger partial charge in [-0.1, -0.05) is 42.6 Å². The number of aromatic nitrogens is 2. The second kappa shape index (κ2) is 10.9. The average Bonchev–Trinajstić information content (AvgIpc) is 3.55. The topological polar surface area (TPSA) is 75.1 Å². The molecule has 2 aliphatic heterocycles. The fraction of sp³-hybridized carbons (Fsp3) is 0.407. The Balaban J connectivity index is 1.29. The maximum Gasteiger partial charge on any atom is 0.267 e. The van der Waals surface area contributed by atoms with Gasteiger partial charge in [0.25, 0.3) is 5.91 Å². The highest BCUT2D eigenvalue weighted by Crippen LogP contribution is 2.41. The van der Waals surface area contributed by atoms with E-state index in [4.69, 9.17) is 42.1 Å². The van der Waals surface area contributed by atoms with Gasteiger partial charge in [0.2, 0.25) is 5.79 Å². The molecule has 196 valence electrons. The van der Waals surface area contributed by atoms with Crippen LogP contribution in [0.25, 0.3) is 0 Å². The SMILES string of the molecule is CCCCC1Oc2ccc(OC[C@@H]3CO[C@](Cn4ccnc4)(c4ccc(Cl)cc4Cl)O3)cc2N(C)C1=O. The number of unbranched alkanes of at least 4 members (excludes halogenated alkanes) is 1. The zero-order chi connectivity index (χ0) is 26.0. The second-order valence-corrected chi connectivity index (χ2v) is 10.1. The number of imidazole rings is 1. The predicted octanol–water partition coefficient (Wildman–Crippen LogP) is 5.45. The van der Waals surface area contributed by atoms with E-state index in [1.807, 2.05) is 35.0 Å². The number of halogens is 2. The minimum Gasteiger partial charge on any atom is -0.491 e. The van der Waals surface area contributed by atoms with E-state index in [1.54, 1.807) is 36.6 Å². The molecule has 8 nitrogen and oxygen atoms in total. The first kappa shape index (κ1) is 25.9. The van der Waals surface area contributed by atoms with Gasteiger partial charge in [0.1, 0.15) is 24.2 Å². The Hall–Kier alpha value is -2.78. The molecule has 0 spiro atoms. The molecule has 10 heteroatoms. The maximum atomic E-state index is 12.8. The molecule has 1 unspecified atom stereocenters. The molecule has 2 aromatic carbocycles. The summed E-state index contributed by atoms with van der Waals surface area (Å²) < 4.78 is 26.6. The Bertz CT molecular complexity index is 1250. The quantitative estimate of drug-likeness (QED) is 0.355. The van der Waals surface area contributed by atoms with Crippen LogP contribution in [0.3, 0.4) is 0 Å². The maximum absolute atomic E-state index is 12.8. The first-order valence-electron chi connectivity index (χ1n) is 12.3. The van der Waals surface area contributed by atoms with Crippen LogP contribution in [0.4, 0.5) is 5.69 Å². The molecule has 3 aromatic rings. The normalized spacial score (nSPS) is 23.1. The first-order chi connectivity index (χ1) is 17.9. The van der Waals surface area contributed by atoms with Crippen LogP contribution < -0.4 is 14.4 Å². The standard InChI is InChI=1S/C27H29Cl2N3O5/c1-3-4-5-25-26(33)31(2)23-13-19(7-9-24(23)36-25)34-14-20-15-35-27(37-20,16-32-11-10-30-17-32)21-8-6-18(28)12-22(21)29/h6-13,17,20,25H,3-5,14-16H2,1-2H3/t20-,25?,27+/m1/s1. The van der Waals surface area contributed by atoms with Gasteiger partial charge in [-0.25, -0.2) is 4.98 Å². The number of amides is 1. The molecule has 0 saturated carbocycles. The van der Waals surface area contributed by atoms with E-state index in [-0.39, 0.29) is 18.6 Å². The number of carbonyl (C=O) groups is 1. The minimum atomic E-state index is -1.12. The summed E-state index contributed by atoms with van der Waals surface area (Å²) in [5.41, 5.74) is 1.36. The Labute approximate surface area is 226 Å². The molecule has 0 bridgehead atoms. The Kier molecular flexibility index (Phi) is 7.62. The van der Waals surface area contributed by atoms with Crippen molar-refractivity contribution in [3.8, 4) is 11.5 Å². The predicted molar refractivity (Wildman–Crippen MR) is 140 cm³/mol. The zero-order valence-electron chi connectivity index (χ0n) is 20.7. The summed E-state index contributed by atoms with van der Waals surface area (Å²) in [6.07, 6.45) is 7.07. The number of anilines is 1. The van der Waals surface area contributed by atoms with Crippen molar-refractivity contribution in [2.24, 2.45) is 0 Å². The highest BCUT2D eigenvalue weighted by molar-refractivity contribution is 6.35. The molecular weight excluding hydrogens is 517 g/mol. The van der Waals surface area contributed by atoms with Crippen molar-refractivity contribution in [1.29, 1.82) is 0 Å². The van der Waals surface area contributed by atoms with Gasteiger partial charge in [0.15, 0.2) is 6.10 Å². The highest BCUT2D eigenvalue weighted by atomic mass is 35.5. The van der Waals surface area contributed by atoms with E-state index in [1.165, 1.54) is 0 Å². The van der Waals surface area contributed by atoms with Crippen LogP contribution in [0.2, 0.25) is 10.0 Å². The minimum absolute atomic E-state index is 0.0465. The van der Waals surface area contributed by atoms with Crippen molar-refractivity contribution >= 4 is 34.8 Å². The van der Waals surface area contributed by atoms with Gasteiger partial charge < -0.3 is 28.4 Å². The molecule has 0 N–H and O–H groups in total. The van der Waals surface area contributed by atoms with Crippen molar-refractivity contribution in [1.82, 2.24) is 9.55 Å². The van der Waals surface area contributed by atoms with Crippen LogP contribution in [-0.4, -0.2) is 47.9 Å². The molecule has 1 aromatic heterocycles. The number of rotatable bonds is 9. The number of hydrogen-bond acceptors (Lipinski definition) is 6. The molecule has 1 fully saturated rings. The Morgan fingerprint density at radius 3 is 2.84 bits per heavy atom. The van der Waals surface area contributed by atoms with Crippen molar-refractivity contribution < 1.29 is 23.7 Å². The molecule has 37 heavy (non-hydrogen) atoms. The van der Waals surface area contributed by atoms with Crippen molar-refractivity contribution in [3.63, 3.8) is 0 Å². The summed E-state index contributed by atoms with van der Waals surface area (Å²) in [7, 11) is 1.76. The van der Waals surface area contributed by atoms with Crippen LogP contribution >= 0.6 is 23.2 Å². The van der Waals surface area contributed by atoms with Gasteiger partial charge in [0.05, 0.1) is 30.2 Å². The summed E-state index contributed by atoms with van der Waals surface area (Å²) in [5.74, 6) is 0.108. The molecule has 2 aliphatic rings. The fourth-order valence-corrected chi connectivity index (χ4v) is 5.18.